The molecule has 2 aliphatic heterocycles. The summed E-state index contributed by atoms with van der Waals surface area (Å²) in [7, 11) is 4.21. The van der Waals surface area contributed by atoms with Crippen LogP contribution in [0.1, 0.15) is 24.2 Å². The van der Waals surface area contributed by atoms with Crippen molar-refractivity contribution in [3.8, 4) is 22.4 Å². The van der Waals surface area contributed by atoms with E-state index in [1.54, 1.807) is 6.20 Å². The minimum Gasteiger partial charge on any atom is -0.379 e. The van der Waals surface area contributed by atoms with Crippen LogP contribution in [0.15, 0.2) is 60.8 Å². The van der Waals surface area contributed by atoms with Crippen LogP contribution in [-0.2, 0) is 11.8 Å². The van der Waals surface area contributed by atoms with Gasteiger partial charge in [0.05, 0.1) is 23.9 Å². The number of likely N-dealkylation sites (N-methyl/N-ethyl adjacent to an activating group) is 1. The van der Waals surface area contributed by atoms with E-state index in [1.165, 1.54) is 5.69 Å². The van der Waals surface area contributed by atoms with E-state index in [0.29, 0.717) is 17.1 Å². The molecule has 2 aromatic carbocycles. The van der Waals surface area contributed by atoms with E-state index in [1.807, 2.05) is 37.4 Å². The summed E-state index contributed by atoms with van der Waals surface area (Å²) < 4.78 is 7.62. The molecule has 0 bridgehead atoms. The van der Waals surface area contributed by atoms with Crippen molar-refractivity contribution in [1.82, 2.24) is 24.7 Å². The number of benzene rings is 2. The summed E-state index contributed by atoms with van der Waals surface area (Å²) in [6, 6.07) is 18.5. The molecule has 0 saturated carbocycles. The van der Waals surface area contributed by atoms with E-state index in [-0.39, 0.29) is 11.4 Å². The maximum absolute atomic E-state index is 13.2. The number of nitrogens with zero attached hydrogens (tertiary/aromatic N) is 5. The molecule has 4 heterocycles. The lowest BCUT2D eigenvalue weighted by Gasteiger charge is -2.40. The number of ether oxygens (including phenoxy) is 1. The summed E-state index contributed by atoms with van der Waals surface area (Å²) in [4.78, 5) is 25.0. The van der Waals surface area contributed by atoms with E-state index in [4.69, 9.17) is 21.3 Å². The molecule has 0 aliphatic carbocycles. The molecule has 0 radical (unpaired) electrons. The minimum absolute atomic E-state index is 0.0785. The Morgan fingerprint density at radius 2 is 1.56 bits per heavy atom. The maximum atomic E-state index is 13.2. The Bertz CT molecular complexity index is 1580. The van der Waals surface area contributed by atoms with Crippen LogP contribution in [-0.4, -0.2) is 96.9 Å². The van der Waals surface area contributed by atoms with E-state index in [9.17, 15) is 4.79 Å². The lowest BCUT2D eigenvalue weighted by atomic mass is 9.97. The zero-order valence-electron chi connectivity index (χ0n) is 25.6. The Morgan fingerprint density at radius 1 is 0.907 bits per heavy atom. The Morgan fingerprint density at radius 3 is 2.23 bits per heavy atom. The SMILES string of the molecule is CN1CCN(c2ccc(-c3c(-c4ccc(C(=O)NCC(C)(C)N5CCOCC5)cc4)c4c(Cl)ccnc4n3C)cc2)CC1. The van der Waals surface area contributed by atoms with Gasteiger partial charge in [0.2, 0.25) is 0 Å². The maximum Gasteiger partial charge on any atom is 0.251 e. The second kappa shape index (κ2) is 12.3. The predicted molar refractivity (Wildman–Crippen MR) is 175 cm³/mol. The molecule has 1 N–H and O–H groups in total. The number of amides is 1. The summed E-state index contributed by atoms with van der Waals surface area (Å²) in [5.41, 5.74) is 6.69. The number of fused-ring (bicyclic) bond motifs is 1. The van der Waals surface area contributed by atoms with Crippen LogP contribution in [0.3, 0.4) is 0 Å². The molecule has 2 aromatic heterocycles. The van der Waals surface area contributed by atoms with Crippen LogP contribution in [0.25, 0.3) is 33.4 Å². The van der Waals surface area contributed by atoms with E-state index in [2.05, 4.69) is 69.7 Å². The molecule has 2 aliphatic rings. The second-order valence-electron chi connectivity index (χ2n) is 12.3. The zero-order valence-corrected chi connectivity index (χ0v) is 26.3. The molecule has 43 heavy (non-hydrogen) atoms. The normalized spacial score (nSPS) is 17.0. The molecule has 4 aromatic rings. The van der Waals surface area contributed by atoms with Crippen molar-refractivity contribution in [2.24, 2.45) is 7.05 Å². The standard InChI is InChI=1S/C34H41ClN6O2/c1-34(2,41-19-21-43-22-20-41)23-37-33(42)26-7-5-24(6-8-26)29-30-28(35)13-14-36-32(30)39(4)31(29)25-9-11-27(12-10-25)40-17-15-38(3)16-18-40/h5-14H,15-23H2,1-4H3,(H,37,42). The third-order valence-electron chi connectivity index (χ3n) is 9.01. The van der Waals surface area contributed by atoms with Crippen molar-refractivity contribution >= 4 is 34.2 Å². The molecule has 1 amide bonds. The molecule has 2 saturated heterocycles. The number of piperazine rings is 1. The fourth-order valence-corrected chi connectivity index (χ4v) is 6.52. The van der Waals surface area contributed by atoms with Gasteiger partial charge in [-0.3, -0.25) is 9.69 Å². The molecule has 8 nitrogen and oxygen atoms in total. The van der Waals surface area contributed by atoms with Crippen LogP contribution < -0.4 is 10.2 Å². The van der Waals surface area contributed by atoms with Crippen molar-refractivity contribution in [3.63, 3.8) is 0 Å². The summed E-state index contributed by atoms with van der Waals surface area (Å²) in [6.45, 7) is 12.3. The largest absolute Gasteiger partial charge is 0.379 e. The van der Waals surface area contributed by atoms with Gasteiger partial charge < -0.3 is 24.4 Å². The summed E-state index contributed by atoms with van der Waals surface area (Å²) in [5, 5.41) is 4.71. The van der Waals surface area contributed by atoms with Crippen LogP contribution >= 0.6 is 11.6 Å². The van der Waals surface area contributed by atoms with Gasteiger partial charge in [-0.1, -0.05) is 35.9 Å². The fraction of sp³-hybridized carbons (Fsp3) is 0.412. The molecule has 226 valence electrons. The number of hydrogen-bond acceptors (Lipinski definition) is 6. The Kier molecular flexibility index (Phi) is 8.47. The number of halogens is 1. The van der Waals surface area contributed by atoms with Crippen molar-refractivity contribution in [2.75, 3.05) is 71.0 Å². The molecule has 2 fully saturated rings. The molecule has 6 rings (SSSR count). The lowest BCUT2D eigenvalue weighted by molar-refractivity contribution is -0.00923. The number of carbonyl (C=O) groups is 1. The Balaban J connectivity index is 1.28. The van der Waals surface area contributed by atoms with Gasteiger partial charge >= 0.3 is 0 Å². The molecule has 0 spiro atoms. The highest BCUT2D eigenvalue weighted by Gasteiger charge is 2.29. The smallest absolute Gasteiger partial charge is 0.251 e. The fourth-order valence-electron chi connectivity index (χ4n) is 6.29. The molecule has 9 heteroatoms. The van der Waals surface area contributed by atoms with Crippen LogP contribution in [0, 0.1) is 0 Å². The highest BCUT2D eigenvalue weighted by atomic mass is 35.5. The third-order valence-corrected chi connectivity index (χ3v) is 9.33. The van der Waals surface area contributed by atoms with E-state index in [0.717, 1.165) is 85.9 Å². The van der Waals surface area contributed by atoms with Crippen molar-refractivity contribution in [2.45, 2.75) is 19.4 Å². The van der Waals surface area contributed by atoms with Gasteiger partial charge in [0.1, 0.15) is 5.65 Å². The summed E-state index contributed by atoms with van der Waals surface area (Å²) in [6.07, 6.45) is 1.75. The van der Waals surface area contributed by atoms with Crippen molar-refractivity contribution < 1.29 is 9.53 Å². The average molecular weight is 601 g/mol. The molecular formula is C34H41ClN6O2. The first-order valence-electron chi connectivity index (χ1n) is 15.1. The first-order chi connectivity index (χ1) is 20.7. The summed E-state index contributed by atoms with van der Waals surface area (Å²) in [5.74, 6) is -0.0785. The quantitative estimate of drug-likeness (QED) is 0.316. The first-order valence-corrected chi connectivity index (χ1v) is 15.5. The van der Waals surface area contributed by atoms with Gasteiger partial charge in [0, 0.05) is 86.8 Å². The number of aryl methyl sites for hydroxylation is 1. The van der Waals surface area contributed by atoms with Gasteiger partial charge in [-0.25, -0.2) is 4.98 Å². The number of anilines is 1. The Hall–Kier alpha value is -3.43. The Labute approximate surface area is 259 Å². The van der Waals surface area contributed by atoms with Crippen molar-refractivity contribution in [1.29, 1.82) is 0 Å². The molecule has 0 unspecified atom stereocenters. The number of morpholine rings is 1. The number of rotatable bonds is 7. The highest BCUT2D eigenvalue weighted by molar-refractivity contribution is 6.37. The number of pyridine rings is 1. The topological polar surface area (TPSA) is 65.9 Å². The number of aromatic nitrogens is 2. The van der Waals surface area contributed by atoms with E-state index < -0.39 is 0 Å². The predicted octanol–water partition coefficient (Wildman–Crippen LogP) is 5.15. The number of hydrogen-bond donors (Lipinski definition) is 1. The van der Waals surface area contributed by atoms with E-state index >= 15 is 0 Å². The number of nitrogens with one attached hydrogen (secondary N) is 1. The first kappa shape index (κ1) is 29.6. The highest BCUT2D eigenvalue weighted by Crippen LogP contribution is 2.43. The zero-order chi connectivity index (χ0) is 30.1. The second-order valence-corrected chi connectivity index (χ2v) is 12.7. The molecule has 0 atom stereocenters. The van der Waals surface area contributed by atoms with Gasteiger partial charge in [-0.15, -0.1) is 0 Å². The van der Waals surface area contributed by atoms with Crippen LogP contribution in [0.4, 0.5) is 5.69 Å². The number of carbonyl (C=O) groups excluding carboxylic acids is 1. The van der Waals surface area contributed by atoms with Gasteiger partial charge in [0.25, 0.3) is 5.91 Å². The lowest BCUT2D eigenvalue weighted by Crippen LogP contribution is -2.55. The van der Waals surface area contributed by atoms with Gasteiger partial charge in [0.15, 0.2) is 0 Å². The van der Waals surface area contributed by atoms with Crippen molar-refractivity contribution in [3.05, 3.63) is 71.4 Å². The average Bonchev–Trinajstić information content (AvgIpc) is 3.34. The van der Waals surface area contributed by atoms with Gasteiger partial charge in [-0.05, 0) is 62.4 Å². The van der Waals surface area contributed by atoms with Crippen LogP contribution in [0.5, 0.6) is 0 Å². The summed E-state index contributed by atoms with van der Waals surface area (Å²) >= 11 is 6.81. The third kappa shape index (κ3) is 6.02. The minimum atomic E-state index is -0.152. The molecular weight excluding hydrogens is 560 g/mol. The van der Waals surface area contributed by atoms with Crippen LogP contribution in [0.2, 0.25) is 5.02 Å². The van der Waals surface area contributed by atoms with Gasteiger partial charge in [-0.2, -0.15) is 0 Å². The monoisotopic (exact) mass is 600 g/mol.